The van der Waals surface area contributed by atoms with Crippen molar-refractivity contribution in [2.45, 2.75) is 17.5 Å². The summed E-state index contributed by atoms with van der Waals surface area (Å²) in [4.78, 5) is 35.4. The highest BCUT2D eigenvalue weighted by atomic mass is 32.2. The van der Waals surface area contributed by atoms with E-state index < -0.39 is 5.76 Å². The summed E-state index contributed by atoms with van der Waals surface area (Å²) >= 11 is 1.55. The number of para-hydroxylation sites is 2. The van der Waals surface area contributed by atoms with Gasteiger partial charge in [-0.2, -0.15) is 0 Å². The molecule has 0 aliphatic rings. The molecule has 0 bridgehead atoms. The van der Waals surface area contributed by atoms with Gasteiger partial charge in [-0.05, 0) is 56.1 Å². The van der Waals surface area contributed by atoms with Crippen molar-refractivity contribution in [1.29, 1.82) is 0 Å². The molecule has 0 aliphatic heterocycles. The zero-order valence-corrected chi connectivity index (χ0v) is 20.3. The largest absolute Gasteiger partial charge is 0.419 e. The molecule has 0 radical (unpaired) electrons. The number of oxazole rings is 1. The topological polar surface area (TPSA) is 96.2 Å². The van der Waals surface area contributed by atoms with Gasteiger partial charge in [-0.1, -0.05) is 42.1 Å². The van der Waals surface area contributed by atoms with Gasteiger partial charge >= 0.3 is 5.76 Å². The van der Waals surface area contributed by atoms with Crippen LogP contribution in [0.3, 0.4) is 0 Å². The summed E-state index contributed by atoms with van der Waals surface area (Å²) in [6.45, 7) is 1.19. The van der Waals surface area contributed by atoms with Crippen molar-refractivity contribution in [3.05, 3.63) is 88.4 Å². The number of aromatic amines is 1. The van der Waals surface area contributed by atoms with Gasteiger partial charge in [0.15, 0.2) is 10.7 Å². The fraction of sp³-hybridized carbons (Fsp3) is 0.192. The SMILES string of the molecule is CN(C)CCn1c(=O)oc2ccc(NC(=O)c3ccccc3CSc3nc4ccccc4[nH]3)cc21. The Labute approximate surface area is 206 Å². The molecule has 2 aromatic heterocycles. The van der Waals surface area contributed by atoms with Crippen LogP contribution in [-0.4, -0.2) is 46.0 Å². The number of rotatable bonds is 8. The third-order valence-corrected chi connectivity index (χ3v) is 6.61. The maximum Gasteiger partial charge on any atom is 0.419 e. The van der Waals surface area contributed by atoms with E-state index in [0.717, 1.165) is 21.8 Å². The minimum atomic E-state index is -0.404. The molecule has 0 saturated carbocycles. The van der Waals surface area contributed by atoms with E-state index in [4.69, 9.17) is 4.42 Å². The van der Waals surface area contributed by atoms with E-state index in [2.05, 4.69) is 15.3 Å². The molecule has 0 aliphatic carbocycles. The lowest BCUT2D eigenvalue weighted by Gasteiger charge is -2.11. The number of amides is 1. The van der Waals surface area contributed by atoms with E-state index in [-0.39, 0.29) is 5.91 Å². The van der Waals surface area contributed by atoms with Crippen LogP contribution in [0.4, 0.5) is 5.69 Å². The van der Waals surface area contributed by atoms with Crippen LogP contribution in [0.25, 0.3) is 22.1 Å². The number of carbonyl (C=O) groups excluding carboxylic acids is 1. The van der Waals surface area contributed by atoms with E-state index >= 15 is 0 Å². The lowest BCUT2D eigenvalue weighted by Crippen LogP contribution is -2.23. The number of H-pyrrole nitrogens is 1. The number of nitrogens with one attached hydrogen (secondary N) is 2. The summed E-state index contributed by atoms with van der Waals surface area (Å²) in [5.41, 5.74) is 5.15. The molecule has 5 aromatic rings. The second-order valence-corrected chi connectivity index (χ2v) is 9.43. The van der Waals surface area contributed by atoms with Crippen LogP contribution in [0.15, 0.2) is 81.1 Å². The Kier molecular flexibility index (Phi) is 6.43. The second-order valence-electron chi connectivity index (χ2n) is 8.46. The third kappa shape index (κ3) is 5.01. The highest BCUT2D eigenvalue weighted by molar-refractivity contribution is 7.98. The van der Waals surface area contributed by atoms with Crippen LogP contribution in [0, 0.1) is 0 Å². The van der Waals surface area contributed by atoms with Crippen molar-refractivity contribution in [2.24, 2.45) is 0 Å². The fourth-order valence-electron chi connectivity index (χ4n) is 3.86. The molecule has 0 spiro atoms. The van der Waals surface area contributed by atoms with Gasteiger partial charge < -0.3 is 19.6 Å². The summed E-state index contributed by atoms with van der Waals surface area (Å²) in [6, 6.07) is 20.6. The number of likely N-dealkylation sites (N-methyl/N-ethyl adjacent to an activating group) is 1. The van der Waals surface area contributed by atoms with E-state index in [1.807, 2.05) is 67.5 Å². The minimum absolute atomic E-state index is 0.212. The van der Waals surface area contributed by atoms with Gasteiger partial charge in [0, 0.05) is 30.1 Å². The molecule has 0 fully saturated rings. The Morgan fingerprint density at radius 2 is 1.91 bits per heavy atom. The zero-order chi connectivity index (χ0) is 24.4. The average Bonchev–Trinajstić information content (AvgIpc) is 3.41. The Bertz CT molecular complexity index is 1530. The molecule has 5 rings (SSSR count). The van der Waals surface area contributed by atoms with Crippen LogP contribution in [0.5, 0.6) is 0 Å². The Hall–Kier alpha value is -3.82. The molecule has 178 valence electrons. The first kappa shape index (κ1) is 22.9. The molecular formula is C26H25N5O3S. The van der Waals surface area contributed by atoms with Crippen LogP contribution >= 0.6 is 11.8 Å². The van der Waals surface area contributed by atoms with Gasteiger partial charge in [-0.25, -0.2) is 9.78 Å². The number of hydrogen-bond acceptors (Lipinski definition) is 6. The molecule has 35 heavy (non-hydrogen) atoms. The third-order valence-electron chi connectivity index (χ3n) is 5.69. The van der Waals surface area contributed by atoms with Crippen LogP contribution in [0.1, 0.15) is 15.9 Å². The molecule has 1 amide bonds. The van der Waals surface area contributed by atoms with Crippen molar-refractivity contribution < 1.29 is 9.21 Å². The molecule has 2 heterocycles. The number of anilines is 1. The van der Waals surface area contributed by atoms with Gasteiger partial charge in [0.05, 0.1) is 16.6 Å². The molecule has 0 atom stereocenters. The monoisotopic (exact) mass is 487 g/mol. The van der Waals surface area contributed by atoms with Gasteiger partial charge in [0.1, 0.15) is 0 Å². The van der Waals surface area contributed by atoms with Gasteiger partial charge in [-0.3, -0.25) is 9.36 Å². The van der Waals surface area contributed by atoms with Crippen molar-refractivity contribution in [3.63, 3.8) is 0 Å². The maximum absolute atomic E-state index is 13.2. The van der Waals surface area contributed by atoms with Gasteiger partial charge in [0.25, 0.3) is 5.91 Å². The lowest BCUT2D eigenvalue weighted by molar-refractivity contribution is 0.102. The first-order valence-electron chi connectivity index (χ1n) is 11.2. The Balaban J connectivity index is 1.34. The second kappa shape index (κ2) is 9.81. The molecular weight excluding hydrogens is 462 g/mol. The van der Waals surface area contributed by atoms with Crippen molar-refractivity contribution >= 4 is 45.5 Å². The molecule has 0 saturated heterocycles. The molecule has 2 N–H and O–H groups in total. The number of thioether (sulfide) groups is 1. The summed E-state index contributed by atoms with van der Waals surface area (Å²) < 4.78 is 6.94. The van der Waals surface area contributed by atoms with Crippen LogP contribution < -0.4 is 11.1 Å². The maximum atomic E-state index is 13.2. The number of imidazole rings is 1. The minimum Gasteiger partial charge on any atom is -0.408 e. The number of aromatic nitrogens is 3. The normalized spacial score (nSPS) is 11.5. The summed E-state index contributed by atoms with van der Waals surface area (Å²) in [5.74, 6) is -0.0250. The fourth-order valence-corrected chi connectivity index (χ4v) is 4.75. The van der Waals surface area contributed by atoms with Crippen molar-refractivity contribution in [1.82, 2.24) is 19.4 Å². The quantitative estimate of drug-likeness (QED) is 0.311. The molecule has 3 aromatic carbocycles. The predicted molar refractivity (Wildman–Crippen MR) is 139 cm³/mol. The highest BCUT2D eigenvalue weighted by Crippen LogP contribution is 2.25. The van der Waals surface area contributed by atoms with E-state index in [0.29, 0.717) is 41.2 Å². The average molecular weight is 488 g/mol. The summed E-state index contributed by atoms with van der Waals surface area (Å²) in [5, 5.41) is 3.78. The highest BCUT2D eigenvalue weighted by Gasteiger charge is 2.15. The Morgan fingerprint density at radius 1 is 1.11 bits per heavy atom. The number of fused-ring (bicyclic) bond motifs is 2. The van der Waals surface area contributed by atoms with Crippen molar-refractivity contribution in [3.8, 4) is 0 Å². The number of benzene rings is 3. The van der Waals surface area contributed by atoms with Gasteiger partial charge in [-0.15, -0.1) is 0 Å². The van der Waals surface area contributed by atoms with Crippen LogP contribution in [0.2, 0.25) is 0 Å². The first-order chi connectivity index (χ1) is 17.0. The molecule has 9 heteroatoms. The Morgan fingerprint density at radius 3 is 2.74 bits per heavy atom. The van der Waals surface area contributed by atoms with E-state index in [9.17, 15) is 9.59 Å². The number of carbonyl (C=O) groups is 1. The van der Waals surface area contributed by atoms with Crippen molar-refractivity contribution in [2.75, 3.05) is 26.0 Å². The predicted octanol–water partition coefficient (Wildman–Crippen LogP) is 4.58. The molecule has 8 nitrogen and oxygen atoms in total. The first-order valence-corrected chi connectivity index (χ1v) is 12.2. The number of hydrogen-bond donors (Lipinski definition) is 2. The number of nitrogens with zero attached hydrogens (tertiary/aromatic N) is 3. The van der Waals surface area contributed by atoms with E-state index in [1.165, 1.54) is 0 Å². The standard InChI is InChI=1S/C26H25N5O3S/c1-30(2)13-14-31-22-15-18(11-12-23(22)34-26(31)33)27-24(32)19-8-4-3-7-17(19)16-35-25-28-20-9-5-6-10-21(20)29-25/h3-12,15H,13-14,16H2,1-2H3,(H,27,32)(H,28,29). The van der Waals surface area contributed by atoms with Gasteiger partial charge in [0.2, 0.25) is 0 Å². The smallest absolute Gasteiger partial charge is 0.408 e. The summed E-state index contributed by atoms with van der Waals surface area (Å²) in [7, 11) is 3.89. The van der Waals surface area contributed by atoms with Crippen LogP contribution in [-0.2, 0) is 12.3 Å². The summed E-state index contributed by atoms with van der Waals surface area (Å²) in [6.07, 6.45) is 0. The lowest BCUT2D eigenvalue weighted by atomic mass is 10.1. The van der Waals surface area contributed by atoms with E-state index in [1.54, 1.807) is 34.5 Å². The molecule has 0 unspecified atom stereocenters. The zero-order valence-electron chi connectivity index (χ0n) is 19.4.